The molecule has 1 atom stereocenters. The maximum Gasteiger partial charge on any atom is 0.221 e. The lowest BCUT2D eigenvalue weighted by molar-refractivity contribution is -0.114. The van der Waals surface area contributed by atoms with Crippen molar-refractivity contribution in [2.45, 2.75) is 20.0 Å². The van der Waals surface area contributed by atoms with Crippen LogP contribution in [0.2, 0.25) is 0 Å². The van der Waals surface area contributed by atoms with E-state index in [4.69, 9.17) is 4.74 Å². The largest absolute Gasteiger partial charge is 0.482 e. The van der Waals surface area contributed by atoms with Crippen LogP contribution in [0.3, 0.4) is 0 Å². The van der Waals surface area contributed by atoms with E-state index in [1.54, 1.807) is 43.3 Å². The molecule has 0 saturated carbocycles. The predicted molar refractivity (Wildman–Crippen MR) is 81.6 cm³/mol. The minimum absolute atomic E-state index is 0.0828. The molecule has 0 heterocycles. The molecule has 1 unspecified atom stereocenters. The van der Waals surface area contributed by atoms with E-state index >= 15 is 0 Å². The summed E-state index contributed by atoms with van der Waals surface area (Å²) >= 11 is 0. The van der Waals surface area contributed by atoms with Crippen molar-refractivity contribution in [1.29, 1.82) is 0 Å². The summed E-state index contributed by atoms with van der Waals surface area (Å²) in [5.41, 5.74) is 1.25. The second-order valence-corrected chi connectivity index (χ2v) is 4.70. The van der Waals surface area contributed by atoms with E-state index < -0.39 is 6.10 Å². The number of carbonyl (C=O) groups excluding carboxylic acids is 2. The van der Waals surface area contributed by atoms with Crippen LogP contribution in [0.15, 0.2) is 54.6 Å². The lowest BCUT2D eigenvalue weighted by atomic mass is 10.1. The van der Waals surface area contributed by atoms with Gasteiger partial charge in [0.2, 0.25) is 11.7 Å². The average molecular weight is 283 g/mol. The number of anilines is 1. The zero-order chi connectivity index (χ0) is 15.2. The Balaban J connectivity index is 2.07. The van der Waals surface area contributed by atoms with Crippen LogP contribution in [-0.2, 0) is 4.79 Å². The van der Waals surface area contributed by atoms with Crippen molar-refractivity contribution in [2.24, 2.45) is 0 Å². The fourth-order valence-corrected chi connectivity index (χ4v) is 1.95. The number of hydrogen-bond acceptors (Lipinski definition) is 3. The number of hydrogen-bond donors (Lipinski definition) is 1. The van der Waals surface area contributed by atoms with Crippen LogP contribution in [0.4, 0.5) is 5.69 Å². The van der Waals surface area contributed by atoms with Crippen molar-refractivity contribution < 1.29 is 14.3 Å². The maximum atomic E-state index is 12.2. The average Bonchev–Trinajstić information content (AvgIpc) is 2.47. The van der Waals surface area contributed by atoms with Crippen molar-refractivity contribution in [3.63, 3.8) is 0 Å². The third kappa shape index (κ3) is 4.18. The quantitative estimate of drug-likeness (QED) is 0.857. The van der Waals surface area contributed by atoms with E-state index in [2.05, 4.69) is 5.32 Å². The molecule has 0 radical (unpaired) electrons. The van der Waals surface area contributed by atoms with Gasteiger partial charge in [-0.1, -0.05) is 36.4 Å². The lowest BCUT2D eigenvalue weighted by Gasteiger charge is -2.14. The first-order chi connectivity index (χ1) is 10.1. The number of amides is 1. The van der Waals surface area contributed by atoms with Gasteiger partial charge in [-0.2, -0.15) is 0 Å². The molecule has 2 aromatic carbocycles. The van der Waals surface area contributed by atoms with Gasteiger partial charge in [0.25, 0.3) is 0 Å². The van der Waals surface area contributed by atoms with Crippen LogP contribution >= 0.6 is 0 Å². The zero-order valence-electron chi connectivity index (χ0n) is 12.0. The number of benzene rings is 2. The molecule has 4 heteroatoms. The van der Waals surface area contributed by atoms with Crippen LogP contribution < -0.4 is 10.1 Å². The molecule has 0 aliphatic rings. The highest BCUT2D eigenvalue weighted by Crippen LogP contribution is 2.19. The number of Topliss-reactive ketones (excluding diaryl/α,β-unsaturated/α-hetero) is 1. The van der Waals surface area contributed by atoms with Gasteiger partial charge in [0.1, 0.15) is 5.75 Å². The predicted octanol–water partition coefficient (Wildman–Crippen LogP) is 3.30. The molecule has 2 aromatic rings. The van der Waals surface area contributed by atoms with Crippen molar-refractivity contribution in [2.75, 3.05) is 5.32 Å². The highest BCUT2D eigenvalue weighted by Gasteiger charge is 2.16. The topological polar surface area (TPSA) is 55.4 Å². The molecule has 0 fully saturated rings. The van der Waals surface area contributed by atoms with Gasteiger partial charge in [0.05, 0.1) is 0 Å². The monoisotopic (exact) mass is 283 g/mol. The molecule has 1 amide bonds. The highest BCUT2D eigenvalue weighted by atomic mass is 16.5. The van der Waals surface area contributed by atoms with Crippen molar-refractivity contribution in [3.05, 3.63) is 60.2 Å². The first-order valence-corrected chi connectivity index (χ1v) is 6.70. The number of rotatable bonds is 5. The first kappa shape index (κ1) is 14.8. The molecule has 0 aromatic heterocycles. The SMILES string of the molecule is CC(=O)Nc1cccc(OC(C)C(=O)c2ccccc2)c1. The van der Waals surface area contributed by atoms with Gasteiger partial charge in [-0.15, -0.1) is 0 Å². The summed E-state index contributed by atoms with van der Waals surface area (Å²) in [5.74, 6) is 0.305. The normalized spacial score (nSPS) is 11.5. The summed E-state index contributed by atoms with van der Waals surface area (Å²) in [6.45, 7) is 3.15. The lowest BCUT2D eigenvalue weighted by Crippen LogP contribution is -2.23. The van der Waals surface area contributed by atoms with E-state index in [0.29, 0.717) is 17.0 Å². The van der Waals surface area contributed by atoms with Crippen LogP contribution in [-0.4, -0.2) is 17.8 Å². The van der Waals surface area contributed by atoms with E-state index in [0.717, 1.165) is 0 Å². The molecule has 0 aliphatic carbocycles. The standard InChI is InChI=1S/C17H17NO3/c1-12(17(20)14-7-4-3-5-8-14)21-16-10-6-9-15(11-16)18-13(2)19/h3-12H,1-2H3,(H,18,19). The Morgan fingerprint density at radius 1 is 1.05 bits per heavy atom. The summed E-state index contributed by atoms with van der Waals surface area (Å²) in [7, 11) is 0. The molecular formula is C17H17NO3. The zero-order valence-corrected chi connectivity index (χ0v) is 12.0. The maximum absolute atomic E-state index is 12.2. The Bertz CT molecular complexity index is 637. The fourth-order valence-electron chi connectivity index (χ4n) is 1.95. The molecule has 2 rings (SSSR count). The molecule has 1 N–H and O–H groups in total. The molecule has 0 bridgehead atoms. The van der Waals surface area contributed by atoms with Crippen LogP contribution in [0.25, 0.3) is 0 Å². The molecule has 0 aliphatic heterocycles. The van der Waals surface area contributed by atoms with Crippen LogP contribution in [0, 0.1) is 0 Å². The first-order valence-electron chi connectivity index (χ1n) is 6.70. The van der Waals surface area contributed by atoms with Gasteiger partial charge in [-0.05, 0) is 19.1 Å². The summed E-state index contributed by atoms with van der Waals surface area (Å²) in [6, 6.07) is 16.0. The van der Waals surface area contributed by atoms with Crippen molar-refractivity contribution in [1.82, 2.24) is 0 Å². The summed E-state index contributed by atoms with van der Waals surface area (Å²) in [6.07, 6.45) is -0.597. The van der Waals surface area contributed by atoms with Gasteiger partial charge in [-0.25, -0.2) is 0 Å². The minimum Gasteiger partial charge on any atom is -0.482 e. The van der Waals surface area contributed by atoms with Crippen LogP contribution in [0.5, 0.6) is 5.75 Å². The number of ether oxygens (including phenoxy) is 1. The number of nitrogens with one attached hydrogen (secondary N) is 1. The van der Waals surface area contributed by atoms with Gasteiger partial charge in [-0.3, -0.25) is 9.59 Å². The van der Waals surface area contributed by atoms with Crippen molar-refractivity contribution >= 4 is 17.4 Å². The van der Waals surface area contributed by atoms with Gasteiger partial charge in [0, 0.05) is 24.2 Å². The molecular weight excluding hydrogens is 266 g/mol. The second-order valence-electron chi connectivity index (χ2n) is 4.70. The smallest absolute Gasteiger partial charge is 0.221 e. The summed E-state index contributed by atoms with van der Waals surface area (Å²) in [5, 5.41) is 2.68. The van der Waals surface area contributed by atoms with E-state index in [-0.39, 0.29) is 11.7 Å². The third-order valence-corrected chi connectivity index (χ3v) is 2.89. The molecule has 0 saturated heterocycles. The van der Waals surface area contributed by atoms with Crippen LogP contribution in [0.1, 0.15) is 24.2 Å². The molecule has 0 spiro atoms. The second kappa shape index (κ2) is 6.70. The van der Waals surface area contributed by atoms with Gasteiger partial charge >= 0.3 is 0 Å². The Hall–Kier alpha value is -2.62. The fraction of sp³-hybridized carbons (Fsp3) is 0.176. The number of ketones is 1. The van der Waals surface area contributed by atoms with Crippen molar-refractivity contribution in [3.8, 4) is 5.75 Å². The Kier molecular flexibility index (Phi) is 4.72. The molecule has 21 heavy (non-hydrogen) atoms. The number of carbonyl (C=O) groups is 2. The summed E-state index contributed by atoms with van der Waals surface area (Å²) < 4.78 is 5.65. The Morgan fingerprint density at radius 3 is 2.43 bits per heavy atom. The van der Waals surface area contributed by atoms with E-state index in [1.165, 1.54) is 6.92 Å². The van der Waals surface area contributed by atoms with Gasteiger partial charge < -0.3 is 10.1 Å². The Labute approximate surface area is 123 Å². The minimum atomic E-state index is -0.597. The highest BCUT2D eigenvalue weighted by molar-refractivity contribution is 5.99. The van der Waals surface area contributed by atoms with E-state index in [9.17, 15) is 9.59 Å². The van der Waals surface area contributed by atoms with E-state index in [1.807, 2.05) is 18.2 Å². The third-order valence-electron chi connectivity index (χ3n) is 2.89. The molecule has 4 nitrogen and oxygen atoms in total. The summed E-state index contributed by atoms with van der Waals surface area (Å²) in [4.78, 5) is 23.3. The molecule has 108 valence electrons. The Morgan fingerprint density at radius 2 is 1.76 bits per heavy atom. The van der Waals surface area contributed by atoms with Gasteiger partial charge in [0.15, 0.2) is 6.10 Å².